The zero-order valence-electron chi connectivity index (χ0n) is 15.0. The summed E-state index contributed by atoms with van der Waals surface area (Å²) in [7, 11) is 0. The normalized spacial score (nSPS) is 17.0. The van der Waals surface area contributed by atoms with Crippen molar-refractivity contribution in [3.05, 3.63) is 22.8 Å². The van der Waals surface area contributed by atoms with E-state index in [9.17, 15) is 19.8 Å². The van der Waals surface area contributed by atoms with Crippen LogP contribution in [0.2, 0.25) is 0 Å². The van der Waals surface area contributed by atoms with Crippen LogP contribution in [0.5, 0.6) is 0 Å². The van der Waals surface area contributed by atoms with Gasteiger partial charge in [0.05, 0.1) is 6.10 Å². The van der Waals surface area contributed by atoms with Gasteiger partial charge >= 0.3 is 11.9 Å². The number of carbonyl (C=O) groups is 2. The van der Waals surface area contributed by atoms with Crippen molar-refractivity contribution in [3.8, 4) is 0 Å². The lowest BCUT2D eigenvalue weighted by Gasteiger charge is -2.15. The van der Waals surface area contributed by atoms with Crippen LogP contribution >= 0.6 is 0 Å². The molecule has 0 bridgehead atoms. The van der Waals surface area contributed by atoms with Gasteiger partial charge in [0.15, 0.2) is 6.10 Å². The van der Waals surface area contributed by atoms with Crippen LogP contribution in [0, 0.1) is 5.92 Å². The van der Waals surface area contributed by atoms with Crippen molar-refractivity contribution in [2.24, 2.45) is 5.92 Å². The molecule has 0 aromatic carbocycles. The van der Waals surface area contributed by atoms with Crippen LogP contribution in [0.25, 0.3) is 0 Å². The summed E-state index contributed by atoms with van der Waals surface area (Å²) in [5, 5.41) is 36.2. The largest absolute Gasteiger partial charge is 0.479 e. The van der Waals surface area contributed by atoms with Gasteiger partial charge in [0.25, 0.3) is 0 Å². The summed E-state index contributed by atoms with van der Waals surface area (Å²) >= 11 is 0. The molecule has 0 fully saturated rings. The molecular weight excluding hydrogens is 312 g/mol. The Labute approximate surface area is 143 Å². The van der Waals surface area contributed by atoms with Crippen LogP contribution in [-0.2, 0) is 9.59 Å². The third-order valence-corrected chi connectivity index (χ3v) is 4.11. The number of hydrogen-bond acceptors (Lipinski definition) is 4. The lowest BCUT2D eigenvalue weighted by molar-refractivity contribution is -0.153. The highest BCUT2D eigenvalue weighted by molar-refractivity contribution is 5.87. The Morgan fingerprint density at radius 3 is 2.04 bits per heavy atom. The van der Waals surface area contributed by atoms with E-state index < -0.39 is 24.1 Å². The maximum absolute atomic E-state index is 10.9. The molecule has 0 rings (SSSR count). The Kier molecular flexibility index (Phi) is 10.2. The highest BCUT2D eigenvalue weighted by Gasteiger charge is 2.22. The van der Waals surface area contributed by atoms with Crippen LogP contribution in [0.1, 0.15) is 59.8 Å². The zero-order chi connectivity index (χ0) is 18.9. The van der Waals surface area contributed by atoms with Gasteiger partial charge in [0, 0.05) is 5.57 Å². The van der Waals surface area contributed by atoms with Crippen molar-refractivity contribution in [1.82, 2.24) is 0 Å². The average Bonchev–Trinajstić information content (AvgIpc) is 2.48. The number of aliphatic hydroxyl groups is 2. The highest BCUT2D eigenvalue weighted by atomic mass is 16.4. The number of aliphatic hydroxyl groups excluding tert-OH is 2. The molecule has 6 nitrogen and oxygen atoms in total. The maximum atomic E-state index is 10.9. The van der Waals surface area contributed by atoms with Gasteiger partial charge in [-0.05, 0) is 45.1 Å². The summed E-state index contributed by atoms with van der Waals surface area (Å²) in [6.45, 7) is 7.44. The predicted molar refractivity (Wildman–Crippen MR) is 91.7 cm³/mol. The molecule has 0 aliphatic rings. The number of aliphatic carboxylic acids is 2. The smallest absolute Gasteiger partial charge is 0.335 e. The van der Waals surface area contributed by atoms with Crippen molar-refractivity contribution in [3.63, 3.8) is 0 Å². The molecule has 138 valence electrons. The Hall–Kier alpha value is -1.66. The number of carboxylic acid groups (broad SMARTS) is 2. The number of unbranched alkanes of at least 4 members (excludes halogenated alkanes) is 1. The molecule has 0 aliphatic carbocycles. The molecule has 24 heavy (non-hydrogen) atoms. The van der Waals surface area contributed by atoms with Gasteiger partial charge in [0.2, 0.25) is 0 Å². The third-order valence-electron chi connectivity index (χ3n) is 4.11. The van der Waals surface area contributed by atoms with Crippen LogP contribution in [0.4, 0.5) is 0 Å². The van der Waals surface area contributed by atoms with Crippen LogP contribution < -0.4 is 0 Å². The van der Waals surface area contributed by atoms with E-state index in [0.717, 1.165) is 30.4 Å². The first-order chi connectivity index (χ1) is 11.1. The second kappa shape index (κ2) is 11.0. The van der Waals surface area contributed by atoms with Crippen molar-refractivity contribution in [2.75, 3.05) is 0 Å². The number of allylic oxidation sites excluding steroid dienone is 3. The summed E-state index contributed by atoms with van der Waals surface area (Å²) in [4.78, 5) is 21.4. The molecule has 0 spiro atoms. The van der Waals surface area contributed by atoms with Gasteiger partial charge in [-0.2, -0.15) is 0 Å². The number of rotatable bonds is 11. The second-order valence-corrected chi connectivity index (χ2v) is 6.55. The van der Waals surface area contributed by atoms with Gasteiger partial charge in [0.1, 0.15) is 0 Å². The average molecular weight is 342 g/mol. The topological polar surface area (TPSA) is 115 Å². The zero-order valence-corrected chi connectivity index (χ0v) is 15.0. The monoisotopic (exact) mass is 342 g/mol. The van der Waals surface area contributed by atoms with Gasteiger partial charge in [-0.15, -0.1) is 0 Å². The van der Waals surface area contributed by atoms with Gasteiger partial charge < -0.3 is 20.4 Å². The quantitative estimate of drug-likeness (QED) is 0.261. The molecule has 4 N–H and O–H groups in total. The van der Waals surface area contributed by atoms with Gasteiger partial charge in [-0.1, -0.05) is 37.8 Å². The SMILES string of the molecule is CC(=CC(C)=C(C)C(=O)O)CC(C)CCCCC(O)C(O)C(=O)O. The molecule has 0 aliphatic heterocycles. The van der Waals surface area contributed by atoms with E-state index in [1.165, 1.54) is 0 Å². The lowest BCUT2D eigenvalue weighted by atomic mass is 9.94. The fourth-order valence-corrected chi connectivity index (χ4v) is 2.53. The molecule has 0 heterocycles. The molecule has 0 aromatic heterocycles. The molecule has 0 radical (unpaired) electrons. The summed E-state index contributed by atoms with van der Waals surface area (Å²) in [5.74, 6) is -1.91. The first-order valence-corrected chi connectivity index (χ1v) is 8.23. The summed E-state index contributed by atoms with van der Waals surface area (Å²) in [6, 6.07) is 0. The van der Waals surface area contributed by atoms with Crippen LogP contribution in [0.3, 0.4) is 0 Å². The van der Waals surface area contributed by atoms with Crippen molar-refractivity contribution < 1.29 is 30.0 Å². The van der Waals surface area contributed by atoms with Crippen LogP contribution in [-0.4, -0.2) is 44.6 Å². The summed E-state index contributed by atoms with van der Waals surface area (Å²) in [6.07, 6.45) is 2.45. The van der Waals surface area contributed by atoms with Crippen LogP contribution in [0.15, 0.2) is 22.8 Å². The van der Waals surface area contributed by atoms with Crippen molar-refractivity contribution in [1.29, 1.82) is 0 Å². The van der Waals surface area contributed by atoms with Gasteiger partial charge in [-0.3, -0.25) is 0 Å². The molecule has 6 heteroatoms. The van der Waals surface area contributed by atoms with E-state index >= 15 is 0 Å². The Balaban J connectivity index is 4.23. The fraction of sp³-hybridized carbons (Fsp3) is 0.667. The fourth-order valence-electron chi connectivity index (χ4n) is 2.53. The Morgan fingerprint density at radius 2 is 1.54 bits per heavy atom. The molecule has 0 amide bonds. The number of hydrogen-bond donors (Lipinski definition) is 4. The standard InChI is InChI=1S/C18H30O6/c1-11(7-5-6-8-15(19)16(20)18(23)24)9-12(2)10-13(3)14(4)17(21)22/h10-11,15-16,19-20H,5-9H2,1-4H3,(H,21,22)(H,23,24). The van der Waals surface area contributed by atoms with Gasteiger partial charge in [-0.25, -0.2) is 9.59 Å². The van der Waals surface area contributed by atoms with E-state index in [1.807, 2.05) is 13.0 Å². The molecule has 0 saturated carbocycles. The van der Waals surface area contributed by atoms with E-state index in [0.29, 0.717) is 17.9 Å². The molecule has 0 aromatic rings. The minimum absolute atomic E-state index is 0.259. The highest BCUT2D eigenvalue weighted by Crippen LogP contribution is 2.20. The molecule has 3 unspecified atom stereocenters. The first-order valence-electron chi connectivity index (χ1n) is 8.23. The Bertz CT molecular complexity index is 492. The molecular formula is C18H30O6. The minimum atomic E-state index is -1.72. The first kappa shape index (κ1) is 22.3. The predicted octanol–water partition coefficient (Wildman–Crippen LogP) is 2.75. The Morgan fingerprint density at radius 1 is 1.00 bits per heavy atom. The van der Waals surface area contributed by atoms with Crippen molar-refractivity contribution in [2.45, 2.75) is 72.0 Å². The molecule has 3 atom stereocenters. The third kappa shape index (κ3) is 8.84. The maximum Gasteiger partial charge on any atom is 0.335 e. The number of carboxylic acids is 2. The van der Waals surface area contributed by atoms with E-state index in [2.05, 4.69) is 6.92 Å². The second-order valence-electron chi connectivity index (χ2n) is 6.55. The minimum Gasteiger partial charge on any atom is -0.479 e. The van der Waals surface area contributed by atoms with E-state index in [-0.39, 0.29) is 6.42 Å². The van der Waals surface area contributed by atoms with E-state index in [1.54, 1.807) is 13.8 Å². The van der Waals surface area contributed by atoms with Crippen molar-refractivity contribution >= 4 is 11.9 Å². The van der Waals surface area contributed by atoms with E-state index in [4.69, 9.17) is 10.2 Å². The lowest BCUT2D eigenvalue weighted by Crippen LogP contribution is -2.33. The summed E-state index contributed by atoms with van der Waals surface area (Å²) < 4.78 is 0. The summed E-state index contributed by atoms with van der Waals surface area (Å²) in [5.41, 5.74) is 2.20. The molecule has 0 saturated heterocycles.